The van der Waals surface area contributed by atoms with Gasteiger partial charge in [-0.3, -0.25) is 0 Å². The van der Waals surface area contributed by atoms with Crippen molar-refractivity contribution < 1.29 is 4.74 Å². The van der Waals surface area contributed by atoms with Crippen molar-refractivity contribution in [2.45, 2.75) is 9.79 Å². The highest BCUT2D eigenvalue weighted by molar-refractivity contribution is 8.00. The molecule has 3 aromatic rings. The first-order valence-electron chi connectivity index (χ1n) is 7.47. The van der Waals surface area contributed by atoms with E-state index >= 15 is 0 Å². The fourth-order valence-electron chi connectivity index (χ4n) is 3.46. The minimum Gasteiger partial charge on any atom is -0.458 e. The van der Waals surface area contributed by atoms with Gasteiger partial charge in [-0.15, -0.1) is 0 Å². The number of benzene rings is 3. The summed E-state index contributed by atoms with van der Waals surface area (Å²) in [6.45, 7) is 0.176. The molecule has 0 bridgehead atoms. The Labute approximate surface area is 138 Å². The lowest BCUT2D eigenvalue weighted by atomic mass is 9.35. The van der Waals surface area contributed by atoms with Gasteiger partial charge in [0, 0.05) is 9.79 Å². The van der Waals surface area contributed by atoms with Crippen LogP contribution in [0.25, 0.3) is 0 Å². The second-order valence-corrected chi connectivity index (χ2v) is 6.79. The van der Waals surface area contributed by atoms with Crippen molar-refractivity contribution in [1.82, 2.24) is 0 Å². The van der Waals surface area contributed by atoms with Crippen molar-refractivity contribution >= 4 is 34.9 Å². The highest BCUT2D eigenvalue weighted by Gasteiger charge is 2.38. The molecule has 2 nitrogen and oxygen atoms in total. The molecule has 0 fully saturated rings. The molecule has 2 heterocycles. The predicted molar refractivity (Wildman–Crippen MR) is 92.9 cm³/mol. The highest BCUT2D eigenvalue weighted by Crippen LogP contribution is 2.37. The largest absolute Gasteiger partial charge is 0.458 e. The van der Waals surface area contributed by atoms with Crippen LogP contribution in [0.2, 0.25) is 0 Å². The van der Waals surface area contributed by atoms with Crippen LogP contribution in [0.3, 0.4) is 0 Å². The van der Waals surface area contributed by atoms with Crippen LogP contribution in [-0.2, 0) is 0 Å². The number of hydrogen-bond donors (Lipinski definition) is 0. The van der Waals surface area contributed by atoms with Crippen LogP contribution in [0.5, 0.6) is 11.5 Å². The zero-order valence-corrected chi connectivity index (χ0v) is 12.9. The van der Waals surface area contributed by atoms with Crippen LogP contribution in [0, 0.1) is 11.3 Å². The molecule has 0 saturated carbocycles. The summed E-state index contributed by atoms with van der Waals surface area (Å²) in [6.07, 6.45) is 0. The van der Waals surface area contributed by atoms with E-state index in [4.69, 9.17) is 4.74 Å². The second-order valence-electron chi connectivity index (χ2n) is 5.71. The number of rotatable bonds is 0. The van der Waals surface area contributed by atoms with E-state index in [1.54, 1.807) is 11.8 Å². The lowest BCUT2D eigenvalue weighted by Crippen LogP contribution is -2.57. The minimum atomic E-state index is 0.176. The molecule has 0 N–H and O–H groups in total. The molecule has 0 aromatic heterocycles. The molecule has 0 amide bonds. The van der Waals surface area contributed by atoms with Gasteiger partial charge in [0.15, 0.2) is 0 Å². The molecule has 0 atom stereocenters. The molecule has 0 spiro atoms. The average molecular weight is 311 g/mol. The van der Waals surface area contributed by atoms with E-state index in [2.05, 4.69) is 42.5 Å². The van der Waals surface area contributed by atoms with Crippen molar-refractivity contribution in [3.63, 3.8) is 0 Å². The minimum absolute atomic E-state index is 0.176. The summed E-state index contributed by atoms with van der Waals surface area (Å²) in [5, 5.41) is 9.32. The normalized spacial score (nSPS) is 13.3. The quantitative estimate of drug-likeness (QED) is 0.412. The van der Waals surface area contributed by atoms with E-state index in [9.17, 15) is 5.26 Å². The van der Waals surface area contributed by atoms with Crippen molar-refractivity contribution in [3.05, 3.63) is 66.2 Å². The maximum absolute atomic E-state index is 9.32. The van der Waals surface area contributed by atoms with Gasteiger partial charge in [-0.25, -0.2) is 0 Å². The zero-order valence-electron chi connectivity index (χ0n) is 12.1. The van der Waals surface area contributed by atoms with Gasteiger partial charge in [0.05, 0.1) is 11.6 Å². The van der Waals surface area contributed by atoms with Gasteiger partial charge < -0.3 is 4.74 Å². The molecule has 4 heteroatoms. The molecule has 0 saturated heterocycles. The fraction of sp³-hybridized carbons (Fsp3) is 0. The Morgan fingerprint density at radius 2 is 1.65 bits per heavy atom. The third kappa shape index (κ3) is 1.77. The summed E-state index contributed by atoms with van der Waals surface area (Å²) in [7, 11) is 0. The molecule has 0 aliphatic carbocycles. The molecular weight excluding hydrogens is 301 g/mol. The summed E-state index contributed by atoms with van der Waals surface area (Å²) in [4.78, 5) is 2.37. The SMILES string of the molecule is N#Cc1cc2c3c(c1)Sc1ccccc1B3c1ccccc1O2. The number of nitriles is 1. The number of ether oxygens (including phenoxy) is 1. The topological polar surface area (TPSA) is 33.0 Å². The maximum atomic E-state index is 9.32. The summed E-state index contributed by atoms with van der Waals surface area (Å²) < 4.78 is 6.12. The lowest BCUT2D eigenvalue weighted by molar-refractivity contribution is 0.486. The van der Waals surface area contributed by atoms with E-state index in [0.717, 1.165) is 16.4 Å². The fourth-order valence-corrected chi connectivity index (χ4v) is 4.66. The zero-order chi connectivity index (χ0) is 15.4. The molecule has 5 rings (SSSR count). The first-order chi connectivity index (χ1) is 11.3. The van der Waals surface area contributed by atoms with Crippen LogP contribution in [0.15, 0.2) is 70.5 Å². The molecule has 3 aromatic carbocycles. The molecular formula is C19H10BNOS. The summed E-state index contributed by atoms with van der Waals surface area (Å²) in [5.74, 6) is 1.69. The Bertz CT molecular complexity index is 938. The van der Waals surface area contributed by atoms with E-state index in [-0.39, 0.29) is 6.71 Å². The second kappa shape index (κ2) is 4.68. The number of para-hydroxylation sites is 1. The van der Waals surface area contributed by atoms with Crippen LogP contribution in [0.1, 0.15) is 5.56 Å². The molecule has 2 aliphatic heterocycles. The van der Waals surface area contributed by atoms with Gasteiger partial charge in [0.1, 0.15) is 11.5 Å². The Morgan fingerprint density at radius 1 is 0.870 bits per heavy atom. The monoisotopic (exact) mass is 311 g/mol. The smallest absolute Gasteiger partial charge is 0.253 e. The number of fused-ring (bicyclic) bond motifs is 4. The molecule has 23 heavy (non-hydrogen) atoms. The van der Waals surface area contributed by atoms with E-state index < -0.39 is 0 Å². The van der Waals surface area contributed by atoms with Crippen molar-refractivity contribution in [3.8, 4) is 17.6 Å². The van der Waals surface area contributed by atoms with Crippen LogP contribution < -0.4 is 21.1 Å². The first kappa shape index (κ1) is 12.9. The molecule has 106 valence electrons. The van der Waals surface area contributed by atoms with Crippen molar-refractivity contribution in [2.24, 2.45) is 0 Å². The van der Waals surface area contributed by atoms with Crippen molar-refractivity contribution in [2.75, 3.05) is 0 Å². The lowest BCUT2D eigenvalue weighted by Gasteiger charge is -2.32. The summed E-state index contributed by atoms with van der Waals surface area (Å²) in [5.41, 5.74) is 4.33. The van der Waals surface area contributed by atoms with Crippen LogP contribution in [0.4, 0.5) is 0 Å². The standard InChI is InChI=1S/C19H10BNOS/c21-11-12-9-16-19-18(10-12)23-17-8-4-2-6-14(17)20(19)13-5-1-3-7-15(13)22-16/h1-10H. The van der Waals surface area contributed by atoms with E-state index in [1.165, 1.54) is 21.3 Å². The predicted octanol–water partition coefficient (Wildman–Crippen LogP) is 2.64. The first-order valence-corrected chi connectivity index (χ1v) is 8.28. The maximum Gasteiger partial charge on any atom is 0.253 e. The average Bonchev–Trinajstić information content (AvgIpc) is 2.61. The Morgan fingerprint density at radius 3 is 2.52 bits per heavy atom. The van der Waals surface area contributed by atoms with Gasteiger partial charge >= 0.3 is 0 Å². The van der Waals surface area contributed by atoms with E-state index in [1.807, 2.05) is 24.3 Å². The highest BCUT2D eigenvalue weighted by atomic mass is 32.2. The molecule has 0 unspecified atom stereocenters. The van der Waals surface area contributed by atoms with Gasteiger partial charge in [-0.2, -0.15) is 5.26 Å². The van der Waals surface area contributed by atoms with Gasteiger partial charge in [-0.05, 0) is 35.2 Å². The van der Waals surface area contributed by atoms with Gasteiger partial charge in [-0.1, -0.05) is 53.6 Å². The Kier molecular flexibility index (Phi) is 2.62. The molecule has 2 aliphatic rings. The third-order valence-corrected chi connectivity index (χ3v) is 5.57. The number of nitrogens with zero attached hydrogens (tertiary/aromatic N) is 1. The molecule has 0 radical (unpaired) electrons. The number of hydrogen-bond acceptors (Lipinski definition) is 3. The Balaban J connectivity index is 1.87. The third-order valence-electron chi connectivity index (χ3n) is 4.42. The summed E-state index contributed by atoms with van der Waals surface area (Å²) in [6, 6.07) is 22.8. The Hall–Kier alpha value is -2.64. The van der Waals surface area contributed by atoms with Crippen LogP contribution >= 0.6 is 11.8 Å². The van der Waals surface area contributed by atoms with Crippen LogP contribution in [-0.4, -0.2) is 6.71 Å². The van der Waals surface area contributed by atoms with Gasteiger partial charge in [0.25, 0.3) is 6.71 Å². The summed E-state index contributed by atoms with van der Waals surface area (Å²) >= 11 is 1.72. The van der Waals surface area contributed by atoms with Gasteiger partial charge in [0.2, 0.25) is 0 Å². The van der Waals surface area contributed by atoms with E-state index in [0.29, 0.717) is 5.56 Å². The van der Waals surface area contributed by atoms with Crippen molar-refractivity contribution in [1.29, 1.82) is 5.26 Å².